The number of aryl methyl sites for hydroxylation is 1. The monoisotopic (exact) mass is 501 g/mol. The van der Waals surface area contributed by atoms with E-state index >= 15 is 0 Å². The van der Waals surface area contributed by atoms with Crippen molar-refractivity contribution in [1.82, 2.24) is 4.90 Å². The van der Waals surface area contributed by atoms with Crippen molar-refractivity contribution in [3.8, 4) is 34.5 Å². The van der Waals surface area contributed by atoms with E-state index in [0.29, 0.717) is 47.6 Å². The maximum absolute atomic E-state index is 13.3. The second-order valence-corrected chi connectivity index (χ2v) is 9.19. The lowest BCUT2D eigenvalue weighted by Crippen LogP contribution is -2.34. The Morgan fingerprint density at radius 2 is 1.78 bits per heavy atom. The first kappa shape index (κ1) is 23.2. The van der Waals surface area contributed by atoms with E-state index in [9.17, 15) is 4.79 Å². The molecule has 0 saturated carbocycles. The molecule has 8 heteroatoms. The number of hydrogen-bond donors (Lipinski definition) is 0. The van der Waals surface area contributed by atoms with Crippen LogP contribution in [0.2, 0.25) is 0 Å². The van der Waals surface area contributed by atoms with Gasteiger partial charge in [-0.3, -0.25) is 9.69 Å². The molecule has 3 aromatic carbocycles. The van der Waals surface area contributed by atoms with Gasteiger partial charge in [-0.15, -0.1) is 0 Å². The van der Waals surface area contributed by atoms with Gasteiger partial charge in [0, 0.05) is 13.1 Å². The van der Waals surface area contributed by atoms with E-state index in [2.05, 4.69) is 4.90 Å². The minimum absolute atomic E-state index is 0.129. The average Bonchev–Trinajstić information content (AvgIpc) is 3.52. The molecule has 0 fully saturated rings. The van der Waals surface area contributed by atoms with Crippen molar-refractivity contribution < 1.29 is 33.2 Å². The van der Waals surface area contributed by atoms with E-state index in [1.807, 2.05) is 49.4 Å². The minimum atomic E-state index is -0.129. The van der Waals surface area contributed by atoms with Gasteiger partial charge in [-0.2, -0.15) is 0 Å². The molecule has 0 aromatic heterocycles. The average molecular weight is 502 g/mol. The third-order valence-corrected chi connectivity index (χ3v) is 6.85. The van der Waals surface area contributed by atoms with Crippen LogP contribution in [0.25, 0.3) is 6.08 Å². The fraction of sp³-hybridized carbons (Fsp3) is 0.276. The number of allylic oxidation sites excluding steroid dienone is 1. The largest absolute Gasteiger partial charge is 0.493 e. The maximum atomic E-state index is 13.3. The molecular weight excluding hydrogens is 474 g/mol. The van der Waals surface area contributed by atoms with Crippen molar-refractivity contribution >= 4 is 11.9 Å². The molecule has 0 unspecified atom stereocenters. The molecule has 3 aliphatic rings. The zero-order valence-electron chi connectivity index (χ0n) is 21.0. The summed E-state index contributed by atoms with van der Waals surface area (Å²) in [5.74, 6) is 4.27. The summed E-state index contributed by atoms with van der Waals surface area (Å²) in [5.41, 5.74) is 4.27. The highest BCUT2D eigenvalue weighted by Gasteiger charge is 2.35. The predicted octanol–water partition coefficient (Wildman–Crippen LogP) is 4.75. The Morgan fingerprint density at radius 1 is 0.946 bits per heavy atom. The first-order chi connectivity index (χ1) is 18.0. The smallest absolute Gasteiger partial charge is 0.232 e. The van der Waals surface area contributed by atoms with Gasteiger partial charge in [0.25, 0.3) is 0 Å². The summed E-state index contributed by atoms with van der Waals surface area (Å²) in [6.45, 7) is 3.97. The predicted molar refractivity (Wildman–Crippen MR) is 136 cm³/mol. The zero-order chi connectivity index (χ0) is 25.5. The Kier molecular flexibility index (Phi) is 5.88. The van der Waals surface area contributed by atoms with E-state index in [1.54, 1.807) is 20.3 Å². The van der Waals surface area contributed by atoms with Gasteiger partial charge in [0.1, 0.15) is 18.2 Å². The number of methoxy groups -OCH3 is 2. The van der Waals surface area contributed by atoms with Crippen molar-refractivity contribution in [1.29, 1.82) is 0 Å². The molecule has 3 heterocycles. The number of ether oxygens (including phenoxy) is 6. The number of rotatable bonds is 6. The molecule has 6 rings (SSSR count). The molecule has 0 bridgehead atoms. The summed E-state index contributed by atoms with van der Waals surface area (Å²) in [6, 6.07) is 13.4. The van der Waals surface area contributed by atoms with Gasteiger partial charge >= 0.3 is 0 Å². The molecule has 8 nitrogen and oxygen atoms in total. The molecule has 37 heavy (non-hydrogen) atoms. The highest BCUT2D eigenvalue weighted by molar-refractivity contribution is 6.16. The van der Waals surface area contributed by atoms with Gasteiger partial charge in [0.05, 0.1) is 25.3 Å². The molecule has 3 aliphatic heterocycles. The first-order valence-corrected chi connectivity index (χ1v) is 12.1. The normalized spacial score (nSPS) is 16.7. The molecule has 0 aliphatic carbocycles. The van der Waals surface area contributed by atoms with Crippen molar-refractivity contribution in [3.63, 3.8) is 0 Å². The van der Waals surface area contributed by atoms with Crippen LogP contribution in [0, 0.1) is 6.92 Å². The van der Waals surface area contributed by atoms with Crippen LogP contribution in [0.4, 0.5) is 0 Å². The standard InChI is InChI=1S/C29H27NO7/c1-17-10-23-20(14-30(15-34-23)9-8-18-4-6-21(32-2)24(11-18)33-3)29-27(17)28(31)26(37-29)13-19-5-7-22-25(12-19)36-16-35-22/h4-7,10-13H,8-9,14-16H2,1-3H3/b26-13+. The second kappa shape index (κ2) is 9.37. The van der Waals surface area contributed by atoms with E-state index in [-0.39, 0.29) is 18.3 Å². The molecule has 3 aromatic rings. The molecule has 0 amide bonds. The number of carbonyl (C=O) groups is 1. The van der Waals surface area contributed by atoms with Crippen molar-refractivity contribution in [3.05, 3.63) is 76.0 Å². The van der Waals surface area contributed by atoms with Crippen molar-refractivity contribution in [2.75, 3.05) is 34.3 Å². The van der Waals surface area contributed by atoms with Crippen molar-refractivity contribution in [2.24, 2.45) is 0 Å². The van der Waals surface area contributed by atoms with Crippen LogP contribution in [0.3, 0.4) is 0 Å². The van der Waals surface area contributed by atoms with E-state index in [4.69, 9.17) is 28.4 Å². The topological polar surface area (TPSA) is 75.7 Å². The first-order valence-electron chi connectivity index (χ1n) is 12.1. The number of hydrogen-bond acceptors (Lipinski definition) is 8. The van der Waals surface area contributed by atoms with Crippen LogP contribution in [-0.4, -0.2) is 45.0 Å². The number of nitrogens with zero attached hydrogens (tertiary/aromatic N) is 1. The summed E-state index contributed by atoms with van der Waals surface area (Å²) in [5, 5.41) is 0. The van der Waals surface area contributed by atoms with E-state index < -0.39 is 0 Å². The lowest BCUT2D eigenvalue weighted by molar-refractivity contribution is 0.0949. The van der Waals surface area contributed by atoms with Gasteiger partial charge in [-0.25, -0.2) is 0 Å². The Balaban J connectivity index is 1.22. The van der Waals surface area contributed by atoms with Crippen molar-refractivity contribution in [2.45, 2.75) is 19.9 Å². The van der Waals surface area contributed by atoms with Gasteiger partial charge in [-0.05, 0) is 66.4 Å². The SMILES string of the molecule is COc1ccc(CCN2COc3cc(C)c4c(c3C2)O/C(=C/c2ccc3c(c2)OCO3)C4=O)cc1OC. The maximum Gasteiger partial charge on any atom is 0.232 e. The molecule has 190 valence electrons. The van der Waals surface area contributed by atoms with Gasteiger partial charge in [0.15, 0.2) is 28.8 Å². The van der Waals surface area contributed by atoms with Crippen LogP contribution in [0.15, 0.2) is 48.2 Å². The summed E-state index contributed by atoms with van der Waals surface area (Å²) in [6.07, 6.45) is 2.55. The molecular formula is C29H27NO7. The molecule has 0 atom stereocenters. The van der Waals surface area contributed by atoms with Gasteiger partial charge < -0.3 is 28.4 Å². The Morgan fingerprint density at radius 3 is 2.62 bits per heavy atom. The Labute approximate surface area is 214 Å². The number of carbonyl (C=O) groups excluding carboxylic acids is 1. The second-order valence-electron chi connectivity index (χ2n) is 9.19. The van der Waals surface area contributed by atoms with Crippen LogP contribution in [-0.2, 0) is 13.0 Å². The summed E-state index contributed by atoms with van der Waals surface area (Å²) in [4.78, 5) is 15.5. The summed E-state index contributed by atoms with van der Waals surface area (Å²) < 4.78 is 33.9. The van der Waals surface area contributed by atoms with Crippen LogP contribution >= 0.6 is 0 Å². The minimum Gasteiger partial charge on any atom is -0.493 e. The Hall–Kier alpha value is -4.17. The summed E-state index contributed by atoms with van der Waals surface area (Å²) in [7, 11) is 3.26. The fourth-order valence-electron chi connectivity index (χ4n) is 4.90. The lowest BCUT2D eigenvalue weighted by atomic mass is 9.98. The number of ketones is 1. The zero-order valence-corrected chi connectivity index (χ0v) is 21.0. The molecule has 0 saturated heterocycles. The molecule has 0 N–H and O–H groups in total. The fourth-order valence-corrected chi connectivity index (χ4v) is 4.90. The van der Waals surface area contributed by atoms with Gasteiger partial charge in [-0.1, -0.05) is 12.1 Å². The number of Topliss-reactive ketones (excluding diaryl/α,β-unsaturated/α-hetero) is 1. The van der Waals surface area contributed by atoms with Crippen LogP contribution in [0.5, 0.6) is 34.5 Å². The quantitative estimate of drug-likeness (QED) is 0.448. The highest BCUT2D eigenvalue weighted by Crippen LogP contribution is 2.44. The highest BCUT2D eigenvalue weighted by atomic mass is 16.7. The number of fused-ring (bicyclic) bond motifs is 4. The van der Waals surface area contributed by atoms with Crippen LogP contribution in [0.1, 0.15) is 32.6 Å². The van der Waals surface area contributed by atoms with Crippen LogP contribution < -0.4 is 28.4 Å². The van der Waals surface area contributed by atoms with Gasteiger partial charge in [0.2, 0.25) is 12.6 Å². The third kappa shape index (κ3) is 4.23. The Bertz CT molecular complexity index is 1430. The van der Waals surface area contributed by atoms with E-state index in [1.165, 1.54) is 0 Å². The number of benzene rings is 3. The third-order valence-electron chi connectivity index (χ3n) is 6.85. The molecule has 0 spiro atoms. The van der Waals surface area contributed by atoms with E-state index in [0.717, 1.165) is 41.0 Å². The lowest BCUT2D eigenvalue weighted by Gasteiger charge is -2.30. The molecule has 0 radical (unpaired) electrons. The summed E-state index contributed by atoms with van der Waals surface area (Å²) >= 11 is 0.